The number of amides is 1. The van der Waals surface area contributed by atoms with Gasteiger partial charge in [-0.05, 0) is 37.1 Å². The van der Waals surface area contributed by atoms with E-state index in [0.717, 1.165) is 11.3 Å². The fraction of sp³-hybridized carbons (Fsp3) is 0.130. The third-order valence-corrected chi connectivity index (χ3v) is 4.68. The fourth-order valence-electron chi connectivity index (χ4n) is 3.22. The van der Waals surface area contributed by atoms with Gasteiger partial charge in [0.1, 0.15) is 17.3 Å². The summed E-state index contributed by atoms with van der Waals surface area (Å²) < 4.78 is 20.0. The quantitative estimate of drug-likeness (QED) is 0.496. The van der Waals surface area contributed by atoms with E-state index in [1.165, 1.54) is 6.07 Å². The molecule has 2 heterocycles. The average molecular weight is 389 g/mol. The van der Waals surface area contributed by atoms with E-state index in [0.29, 0.717) is 23.4 Å². The zero-order valence-electron chi connectivity index (χ0n) is 15.9. The van der Waals surface area contributed by atoms with Crippen LogP contribution < -0.4 is 5.32 Å². The van der Waals surface area contributed by atoms with E-state index in [-0.39, 0.29) is 17.4 Å². The lowest BCUT2D eigenvalue weighted by Gasteiger charge is -2.19. The number of furan rings is 1. The van der Waals surface area contributed by atoms with Crippen LogP contribution in [0.4, 0.5) is 4.39 Å². The van der Waals surface area contributed by atoms with Crippen LogP contribution in [0.1, 0.15) is 33.4 Å². The molecule has 1 unspecified atom stereocenters. The van der Waals surface area contributed by atoms with Gasteiger partial charge in [-0.2, -0.15) is 5.10 Å². The maximum Gasteiger partial charge on any atom is 0.272 e. The first-order valence-corrected chi connectivity index (χ1v) is 9.31. The molecule has 2 N–H and O–H groups in total. The molecule has 0 aliphatic rings. The molecule has 146 valence electrons. The molecule has 0 fully saturated rings. The molecule has 0 radical (unpaired) electrons. The second-order valence-electron chi connectivity index (χ2n) is 6.81. The minimum Gasteiger partial charge on any atom is -0.460 e. The number of benzene rings is 2. The lowest BCUT2D eigenvalue weighted by molar-refractivity contribution is 0.0931. The molecule has 1 amide bonds. The molecular weight excluding hydrogens is 369 g/mol. The number of aromatic nitrogens is 2. The summed E-state index contributed by atoms with van der Waals surface area (Å²) in [6.07, 6.45) is 0.460. The van der Waals surface area contributed by atoms with Gasteiger partial charge in [-0.3, -0.25) is 9.89 Å². The van der Waals surface area contributed by atoms with Crippen molar-refractivity contribution in [3.8, 4) is 11.5 Å². The lowest BCUT2D eigenvalue weighted by Crippen LogP contribution is -2.30. The molecule has 0 bridgehead atoms. The van der Waals surface area contributed by atoms with Crippen molar-refractivity contribution in [2.45, 2.75) is 19.4 Å². The maximum atomic E-state index is 14.4. The summed E-state index contributed by atoms with van der Waals surface area (Å²) in [7, 11) is 0. The third kappa shape index (κ3) is 4.27. The summed E-state index contributed by atoms with van der Waals surface area (Å²) in [5.74, 6) is 0.620. The number of rotatable bonds is 6. The smallest absolute Gasteiger partial charge is 0.272 e. The van der Waals surface area contributed by atoms with Crippen LogP contribution in [0.3, 0.4) is 0 Å². The van der Waals surface area contributed by atoms with E-state index in [1.54, 1.807) is 24.3 Å². The zero-order valence-corrected chi connectivity index (χ0v) is 15.9. The topological polar surface area (TPSA) is 70.9 Å². The number of carbonyl (C=O) groups is 1. The van der Waals surface area contributed by atoms with Crippen molar-refractivity contribution in [1.82, 2.24) is 15.5 Å². The standard InChI is InChI=1S/C23H20FN3O2/c1-15-11-12-22(29-15)20-14-21(27-26-20)23(28)25-19(13-16-7-3-2-4-8-16)17-9-5-6-10-18(17)24/h2-12,14,19H,13H2,1H3,(H,25,28)(H,26,27). The molecule has 4 rings (SSSR count). The van der Waals surface area contributed by atoms with Gasteiger partial charge in [-0.15, -0.1) is 0 Å². The minimum absolute atomic E-state index is 0.212. The second-order valence-corrected chi connectivity index (χ2v) is 6.81. The number of H-pyrrole nitrogens is 1. The molecule has 0 spiro atoms. The Bertz CT molecular complexity index is 1120. The SMILES string of the molecule is Cc1ccc(-c2cc(C(=O)NC(Cc3ccccc3)c3ccccc3F)n[nH]2)o1. The number of aromatic amines is 1. The first kappa shape index (κ1) is 18.7. The largest absolute Gasteiger partial charge is 0.460 e. The molecule has 0 saturated carbocycles. The zero-order chi connectivity index (χ0) is 20.2. The summed E-state index contributed by atoms with van der Waals surface area (Å²) in [5.41, 5.74) is 2.24. The van der Waals surface area contributed by atoms with Gasteiger partial charge < -0.3 is 9.73 Å². The summed E-state index contributed by atoms with van der Waals surface area (Å²) in [4.78, 5) is 12.8. The van der Waals surface area contributed by atoms with Gasteiger partial charge in [0.15, 0.2) is 11.5 Å². The molecule has 2 aromatic carbocycles. The molecule has 6 heteroatoms. The molecule has 5 nitrogen and oxygen atoms in total. The Kier molecular flexibility index (Phi) is 5.24. The Balaban J connectivity index is 1.58. The number of nitrogens with zero attached hydrogens (tertiary/aromatic N) is 1. The molecule has 0 aliphatic heterocycles. The van der Waals surface area contributed by atoms with Crippen LogP contribution in [0.25, 0.3) is 11.5 Å². The van der Waals surface area contributed by atoms with E-state index in [2.05, 4.69) is 15.5 Å². The number of hydrogen-bond donors (Lipinski definition) is 2. The minimum atomic E-state index is -0.530. The Morgan fingerprint density at radius 1 is 1.10 bits per heavy atom. The average Bonchev–Trinajstić information content (AvgIpc) is 3.38. The van der Waals surface area contributed by atoms with Gasteiger partial charge in [0.2, 0.25) is 0 Å². The molecule has 4 aromatic rings. The molecular formula is C23H20FN3O2. The van der Waals surface area contributed by atoms with E-state index >= 15 is 0 Å². The normalized spacial score (nSPS) is 11.9. The predicted octanol–water partition coefficient (Wildman–Crippen LogP) is 4.83. The van der Waals surface area contributed by atoms with Gasteiger partial charge in [0.25, 0.3) is 5.91 Å². The lowest BCUT2D eigenvalue weighted by atomic mass is 9.98. The number of hydrogen-bond acceptors (Lipinski definition) is 3. The first-order valence-electron chi connectivity index (χ1n) is 9.31. The Morgan fingerprint density at radius 3 is 2.59 bits per heavy atom. The summed E-state index contributed by atoms with van der Waals surface area (Å²) in [5, 5.41) is 9.82. The van der Waals surface area contributed by atoms with Gasteiger partial charge in [0, 0.05) is 11.6 Å². The Morgan fingerprint density at radius 2 is 1.86 bits per heavy atom. The van der Waals surface area contributed by atoms with Crippen molar-refractivity contribution >= 4 is 5.91 Å². The molecule has 0 aliphatic carbocycles. The molecule has 2 aromatic heterocycles. The predicted molar refractivity (Wildman–Crippen MR) is 108 cm³/mol. The van der Waals surface area contributed by atoms with Crippen LogP contribution in [0.2, 0.25) is 0 Å². The second kappa shape index (κ2) is 8.14. The van der Waals surface area contributed by atoms with Crippen LogP contribution in [-0.4, -0.2) is 16.1 Å². The molecule has 1 atom stereocenters. The van der Waals surface area contributed by atoms with Crippen LogP contribution in [0.5, 0.6) is 0 Å². The van der Waals surface area contributed by atoms with Gasteiger partial charge >= 0.3 is 0 Å². The van der Waals surface area contributed by atoms with Crippen molar-refractivity contribution in [3.63, 3.8) is 0 Å². The van der Waals surface area contributed by atoms with Crippen molar-refractivity contribution in [3.05, 3.63) is 101 Å². The van der Waals surface area contributed by atoms with Crippen molar-refractivity contribution in [1.29, 1.82) is 0 Å². The van der Waals surface area contributed by atoms with E-state index < -0.39 is 6.04 Å². The first-order chi connectivity index (χ1) is 14.1. The van der Waals surface area contributed by atoms with Gasteiger partial charge in [-0.25, -0.2) is 4.39 Å². The highest BCUT2D eigenvalue weighted by Crippen LogP contribution is 2.23. The van der Waals surface area contributed by atoms with Crippen LogP contribution >= 0.6 is 0 Å². The Labute approximate surface area is 167 Å². The molecule has 0 saturated heterocycles. The van der Waals surface area contributed by atoms with E-state index in [4.69, 9.17) is 4.42 Å². The van der Waals surface area contributed by atoms with Crippen molar-refractivity contribution < 1.29 is 13.6 Å². The maximum absolute atomic E-state index is 14.4. The van der Waals surface area contributed by atoms with E-state index in [9.17, 15) is 9.18 Å². The van der Waals surface area contributed by atoms with Gasteiger partial charge in [0.05, 0.1) is 6.04 Å². The summed E-state index contributed by atoms with van der Waals surface area (Å²) in [6, 6.07) is 20.9. The highest BCUT2D eigenvalue weighted by atomic mass is 19.1. The monoisotopic (exact) mass is 389 g/mol. The number of carbonyl (C=O) groups excluding carboxylic acids is 1. The van der Waals surface area contributed by atoms with Crippen LogP contribution in [0, 0.1) is 12.7 Å². The summed E-state index contributed by atoms with van der Waals surface area (Å²) in [6.45, 7) is 1.84. The highest BCUT2D eigenvalue weighted by Gasteiger charge is 2.21. The van der Waals surface area contributed by atoms with Crippen molar-refractivity contribution in [2.75, 3.05) is 0 Å². The van der Waals surface area contributed by atoms with Gasteiger partial charge in [-0.1, -0.05) is 48.5 Å². The summed E-state index contributed by atoms with van der Waals surface area (Å²) >= 11 is 0. The van der Waals surface area contributed by atoms with E-state index in [1.807, 2.05) is 49.4 Å². The Hall–Kier alpha value is -3.67. The number of nitrogens with one attached hydrogen (secondary N) is 2. The number of halogens is 1. The number of aryl methyl sites for hydroxylation is 1. The molecule has 29 heavy (non-hydrogen) atoms. The third-order valence-electron chi connectivity index (χ3n) is 4.68. The highest BCUT2D eigenvalue weighted by molar-refractivity contribution is 5.93. The fourth-order valence-corrected chi connectivity index (χ4v) is 3.22. The van der Waals surface area contributed by atoms with Crippen LogP contribution in [0.15, 0.2) is 77.2 Å². The van der Waals surface area contributed by atoms with Crippen molar-refractivity contribution in [2.24, 2.45) is 0 Å². The van der Waals surface area contributed by atoms with Crippen LogP contribution in [-0.2, 0) is 6.42 Å².